The second-order valence-corrected chi connectivity index (χ2v) is 1.70. The van der Waals surface area contributed by atoms with E-state index in [1.807, 2.05) is 0 Å². The third-order valence-electron chi connectivity index (χ3n) is 0.478. The van der Waals surface area contributed by atoms with Crippen LogP contribution in [0.5, 0.6) is 0 Å². The van der Waals surface area contributed by atoms with E-state index in [-0.39, 0.29) is 5.90 Å². The van der Waals surface area contributed by atoms with Crippen LogP contribution in [0.3, 0.4) is 0 Å². The number of rotatable bonds is 1. The first-order chi connectivity index (χ1) is 3.83. The van der Waals surface area contributed by atoms with E-state index >= 15 is 0 Å². The van der Waals surface area contributed by atoms with Gasteiger partial charge in [-0.25, -0.2) is 4.39 Å². The number of hydrogen-bond acceptors (Lipinski definition) is 4. The van der Waals surface area contributed by atoms with Crippen LogP contribution in [0.2, 0.25) is 0 Å². The zero-order chi connectivity index (χ0) is 5.98. The van der Waals surface area contributed by atoms with Crippen LogP contribution in [-0.2, 0) is 19.8 Å². The zero-order valence-corrected chi connectivity index (χ0v) is 4.48. The predicted octanol–water partition coefficient (Wildman–Crippen LogP) is -0.105. The fourth-order valence-corrected chi connectivity index (χ4v) is 0.634. The molecule has 1 aliphatic heterocycles. The molecule has 0 aromatic heterocycles. The lowest BCUT2D eigenvalue weighted by atomic mass is 10.8. The summed E-state index contributed by atoms with van der Waals surface area (Å²) in [5.41, 5.74) is 0. The molecule has 0 radical (unpaired) electrons. The molecule has 0 bridgehead atoms. The number of halogens is 1. The van der Waals surface area contributed by atoms with Gasteiger partial charge in [0.25, 0.3) is 5.90 Å². The molecule has 0 aromatic carbocycles. The standard InChI is InChI=1S/C2H2FNO3S/c3-1-2-4-7-8(5)6-2/h1H2. The highest BCUT2D eigenvalue weighted by molar-refractivity contribution is 7.75. The highest BCUT2D eigenvalue weighted by Gasteiger charge is 2.16. The third-order valence-corrected chi connectivity index (χ3v) is 1.00. The van der Waals surface area contributed by atoms with E-state index in [1.54, 1.807) is 0 Å². The smallest absolute Gasteiger partial charge is 0.348 e. The molecule has 0 fully saturated rings. The van der Waals surface area contributed by atoms with E-state index in [1.165, 1.54) is 0 Å². The monoisotopic (exact) mass is 139 g/mol. The van der Waals surface area contributed by atoms with Crippen LogP contribution in [0.4, 0.5) is 4.39 Å². The molecule has 8 heavy (non-hydrogen) atoms. The number of hydrogen-bond donors (Lipinski definition) is 0. The van der Waals surface area contributed by atoms with E-state index in [4.69, 9.17) is 0 Å². The molecule has 0 saturated heterocycles. The van der Waals surface area contributed by atoms with Gasteiger partial charge in [-0.3, -0.25) is 4.28 Å². The van der Waals surface area contributed by atoms with Gasteiger partial charge in [-0.05, 0) is 5.16 Å². The average molecular weight is 139 g/mol. The Bertz CT molecular complexity index is 146. The van der Waals surface area contributed by atoms with E-state index in [0.29, 0.717) is 0 Å². The Morgan fingerprint density at radius 2 is 2.62 bits per heavy atom. The Morgan fingerprint density at radius 1 is 1.88 bits per heavy atom. The third kappa shape index (κ3) is 0.945. The van der Waals surface area contributed by atoms with Crippen LogP contribution in [0.25, 0.3) is 0 Å². The maximum absolute atomic E-state index is 11.4. The summed E-state index contributed by atoms with van der Waals surface area (Å²) in [7, 11) is 0. The van der Waals surface area contributed by atoms with Crippen molar-refractivity contribution in [1.29, 1.82) is 0 Å². The average Bonchev–Trinajstić information content (AvgIpc) is 2.14. The summed E-state index contributed by atoms with van der Waals surface area (Å²) in [6.07, 6.45) is 0. The summed E-state index contributed by atoms with van der Waals surface area (Å²) in [4.78, 5) is 0. The minimum atomic E-state index is -1.90. The molecular formula is C2H2FNO3S. The molecule has 0 N–H and O–H groups in total. The van der Waals surface area contributed by atoms with Crippen molar-refractivity contribution in [3.63, 3.8) is 0 Å². The van der Waals surface area contributed by atoms with Crippen LogP contribution in [0.1, 0.15) is 0 Å². The fourth-order valence-electron chi connectivity index (χ4n) is 0.228. The first-order valence-electron chi connectivity index (χ1n) is 1.73. The van der Waals surface area contributed by atoms with Gasteiger partial charge in [-0.1, -0.05) is 0 Å². The van der Waals surface area contributed by atoms with Gasteiger partial charge >= 0.3 is 11.4 Å². The van der Waals surface area contributed by atoms with Crippen molar-refractivity contribution in [1.82, 2.24) is 0 Å². The number of alkyl halides is 1. The Hall–Kier alpha value is -0.650. The van der Waals surface area contributed by atoms with Crippen LogP contribution in [0, 0.1) is 0 Å². The predicted molar refractivity (Wildman–Crippen MR) is 23.7 cm³/mol. The molecule has 0 amide bonds. The minimum Gasteiger partial charge on any atom is -0.348 e. The molecule has 1 heterocycles. The zero-order valence-electron chi connectivity index (χ0n) is 3.67. The second kappa shape index (κ2) is 2.08. The summed E-state index contributed by atoms with van der Waals surface area (Å²) in [5.74, 6) is -0.275. The summed E-state index contributed by atoms with van der Waals surface area (Å²) >= 11 is -1.90. The van der Waals surface area contributed by atoms with Crippen molar-refractivity contribution >= 4 is 17.3 Å². The molecule has 0 aromatic rings. The summed E-state index contributed by atoms with van der Waals surface area (Å²) in [5, 5.41) is 2.95. The van der Waals surface area contributed by atoms with Crippen LogP contribution in [0.15, 0.2) is 5.16 Å². The van der Waals surface area contributed by atoms with Crippen molar-refractivity contribution in [2.45, 2.75) is 0 Å². The Balaban J connectivity index is 2.49. The van der Waals surface area contributed by atoms with Gasteiger partial charge in [-0.15, -0.1) is 0 Å². The molecule has 1 unspecified atom stereocenters. The van der Waals surface area contributed by atoms with E-state index in [9.17, 15) is 8.60 Å². The lowest BCUT2D eigenvalue weighted by Crippen LogP contribution is -2.00. The van der Waals surface area contributed by atoms with Crippen molar-refractivity contribution in [3.8, 4) is 0 Å². The maximum atomic E-state index is 11.4. The first kappa shape index (κ1) is 5.49. The number of nitrogens with zero attached hydrogens (tertiary/aromatic N) is 1. The first-order valence-corrected chi connectivity index (χ1v) is 2.73. The maximum Gasteiger partial charge on any atom is 0.440 e. The molecule has 1 aliphatic rings. The Kier molecular flexibility index (Phi) is 1.43. The summed E-state index contributed by atoms with van der Waals surface area (Å²) < 4.78 is 29.5. The number of oxime groups is 1. The van der Waals surface area contributed by atoms with Gasteiger partial charge in [0.1, 0.15) is 0 Å². The second-order valence-electron chi connectivity index (χ2n) is 0.981. The Morgan fingerprint density at radius 3 is 2.88 bits per heavy atom. The van der Waals surface area contributed by atoms with Crippen LogP contribution in [-0.4, -0.2) is 16.8 Å². The largest absolute Gasteiger partial charge is 0.440 e. The summed E-state index contributed by atoms with van der Waals surface area (Å²) in [6, 6.07) is 0. The van der Waals surface area contributed by atoms with Crippen molar-refractivity contribution < 1.29 is 17.1 Å². The van der Waals surface area contributed by atoms with Crippen molar-refractivity contribution in [2.75, 3.05) is 6.67 Å². The van der Waals surface area contributed by atoms with Gasteiger partial charge in [0.2, 0.25) is 0 Å². The molecular weight excluding hydrogens is 137 g/mol. The van der Waals surface area contributed by atoms with Gasteiger partial charge in [0, 0.05) is 0 Å². The van der Waals surface area contributed by atoms with E-state index < -0.39 is 18.0 Å². The van der Waals surface area contributed by atoms with Crippen LogP contribution >= 0.6 is 0 Å². The van der Waals surface area contributed by atoms with Crippen molar-refractivity contribution in [3.05, 3.63) is 0 Å². The molecule has 0 spiro atoms. The van der Waals surface area contributed by atoms with E-state index in [0.717, 1.165) is 0 Å². The normalized spacial score (nSPS) is 26.1. The highest BCUT2D eigenvalue weighted by atomic mass is 32.2. The summed E-state index contributed by atoms with van der Waals surface area (Å²) in [6.45, 7) is -0.883. The molecule has 6 heteroatoms. The lowest BCUT2D eigenvalue weighted by Gasteiger charge is -1.83. The lowest BCUT2D eigenvalue weighted by molar-refractivity contribution is 0.371. The topological polar surface area (TPSA) is 47.9 Å². The quantitative estimate of drug-likeness (QED) is 0.509. The molecule has 1 atom stereocenters. The fraction of sp³-hybridized carbons (Fsp3) is 0.500. The highest BCUT2D eigenvalue weighted by Crippen LogP contribution is 2.02. The molecule has 1 rings (SSSR count). The van der Waals surface area contributed by atoms with Gasteiger partial charge in [-0.2, -0.15) is 4.21 Å². The molecule has 0 saturated carbocycles. The van der Waals surface area contributed by atoms with Gasteiger partial charge < -0.3 is 4.18 Å². The van der Waals surface area contributed by atoms with Crippen molar-refractivity contribution in [2.24, 2.45) is 5.16 Å². The van der Waals surface area contributed by atoms with Gasteiger partial charge in [0.15, 0.2) is 6.67 Å². The Labute approximate surface area is 47.1 Å². The van der Waals surface area contributed by atoms with Gasteiger partial charge in [0.05, 0.1) is 0 Å². The molecule has 46 valence electrons. The van der Waals surface area contributed by atoms with Crippen LogP contribution < -0.4 is 0 Å². The molecule has 0 aliphatic carbocycles. The van der Waals surface area contributed by atoms with E-state index in [2.05, 4.69) is 13.6 Å². The molecule has 4 nitrogen and oxygen atoms in total. The minimum absolute atomic E-state index is 0.275. The SMILES string of the molecule is O=S1ON=C(CF)O1.